The van der Waals surface area contributed by atoms with Gasteiger partial charge in [0.05, 0.1) is 23.9 Å². The quantitative estimate of drug-likeness (QED) is 0.430. The molecule has 6 rings (SSSR count). The minimum absolute atomic E-state index is 0.0695. The van der Waals surface area contributed by atoms with Crippen molar-refractivity contribution in [3.63, 3.8) is 0 Å². The van der Waals surface area contributed by atoms with Crippen LogP contribution >= 0.6 is 11.6 Å². The van der Waals surface area contributed by atoms with E-state index in [0.717, 1.165) is 6.42 Å². The van der Waals surface area contributed by atoms with Gasteiger partial charge in [-0.25, -0.2) is 4.98 Å². The summed E-state index contributed by atoms with van der Waals surface area (Å²) in [4.78, 5) is 25.7. The minimum Gasteiger partial charge on any atom is -0.389 e. The molecule has 32 heavy (non-hydrogen) atoms. The summed E-state index contributed by atoms with van der Waals surface area (Å²) in [5.41, 5.74) is 1.33. The Labute approximate surface area is 188 Å². The van der Waals surface area contributed by atoms with Crippen LogP contribution < -0.4 is 10.6 Å². The number of halogens is 1. The molecule has 3 aliphatic carbocycles. The van der Waals surface area contributed by atoms with Crippen LogP contribution in [0.15, 0.2) is 36.7 Å². The van der Waals surface area contributed by atoms with Gasteiger partial charge >= 0.3 is 0 Å². The van der Waals surface area contributed by atoms with Crippen molar-refractivity contribution in [3.05, 3.63) is 47.5 Å². The van der Waals surface area contributed by atoms with E-state index in [2.05, 4.69) is 37.7 Å². The summed E-state index contributed by atoms with van der Waals surface area (Å²) in [6.45, 7) is 0. The van der Waals surface area contributed by atoms with Crippen molar-refractivity contribution in [3.8, 4) is 0 Å². The second kappa shape index (κ2) is 6.87. The largest absolute Gasteiger partial charge is 0.389 e. The number of hydrogen-bond donors (Lipinski definition) is 4. The first-order chi connectivity index (χ1) is 15.5. The standard InChI is InChI=1S/C22H23ClN6O3/c1-24-20(32)22-8-12(22)15(16(30)17(22)31)29-9-25-14-18(27-21(23)28-19(14)29)26-13-7-11(13)10-5-3-2-4-6-10/h2-6,9,11-13,15-17,30-31H,7-8H2,1H3,(H,24,32)(H,26,27,28)/t11?,12-,13?,15-,16+,17+,22+/m1/s1. The van der Waals surface area contributed by atoms with E-state index in [9.17, 15) is 15.0 Å². The van der Waals surface area contributed by atoms with Gasteiger partial charge in [0.2, 0.25) is 11.2 Å². The number of benzene rings is 1. The fraction of sp³-hybridized carbons (Fsp3) is 0.455. The highest BCUT2D eigenvalue weighted by atomic mass is 35.5. The number of aliphatic hydroxyl groups excluding tert-OH is 2. The molecular formula is C22H23ClN6O3. The third kappa shape index (κ3) is 2.71. The zero-order valence-corrected chi connectivity index (χ0v) is 18.1. The Morgan fingerprint density at radius 3 is 2.78 bits per heavy atom. The van der Waals surface area contributed by atoms with Crippen molar-refractivity contribution >= 4 is 34.5 Å². The van der Waals surface area contributed by atoms with Crippen molar-refractivity contribution in [2.75, 3.05) is 12.4 Å². The molecule has 7 atom stereocenters. The topological polar surface area (TPSA) is 125 Å². The predicted molar refractivity (Wildman–Crippen MR) is 117 cm³/mol. The monoisotopic (exact) mass is 454 g/mol. The Morgan fingerprint density at radius 1 is 1.25 bits per heavy atom. The van der Waals surface area contributed by atoms with Gasteiger partial charge in [0, 0.05) is 24.9 Å². The van der Waals surface area contributed by atoms with Crippen molar-refractivity contribution < 1.29 is 15.0 Å². The van der Waals surface area contributed by atoms with E-state index in [4.69, 9.17) is 11.6 Å². The van der Waals surface area contributed by atoms with Crippen LogP contribution in [0.2, 0.25) is 5.28 Å². The van der Waals surface area contributed by atoms with Crippen LogP contribution in [0.25, 0.3) is 11.2 Å². The van der Waals surface area contributed by atoms with Crippen molar-refractivity contribution in [2.45, 2.75) is 43.1 Å². The molecule has 1 aromatic carbocycles. The maximum absolute atomic E-state index is 12.4. The van der Waals surface area contributed by atoms with E-state index in [-0.39, 0.29) is 23.2 Å². The molecule has 0 saturated heterocycles. The van der Waals surface area contributed by atoms with Crippen LogP contribution in [-0.4, -0.2) is 60.9 Å². The molecule has 9 nitrogen and oxygen atoms in total. The first-order valence-electron chi connectivity index (χ1n) is 10.8. The number of rotatable bonds is 5. The zero-order valence-electron chi connectivity index (χ0n) is 17.3. The summed E-state index contributed by atoms with van der Waals surface area (Å²) in [5, 5.41) is 27.6. The van der Waals surface area contributed by atoms with Gasteiger partial charge in [0.1, 0.15) is 6.10 Å². The average Bonchev–Trinajstić information content (AvgIpc) is 3.67. The Bertz CT molecular complexity index is 1220. The van der Waals surface area contributed by atoms with Crippen molar-refractivity contribution in [2.24, 2.45) is 11.3 Å². The molecule has 2 unspecified atom stereocenters. The fourth-order valence-electron chi connectivity index (χ4n) is 5.59. The molecule has 3 saturated carbocycles. The maximum atomic E-state index is 12.4. The van der Waals surface area contributed by atoms with Gasteiger partial charge in [-0.2, -0.15) is 9.97 Å². The SMILES string of the molecule is CNC(=O)[C@@]12C[C@@H]1[C@@H](n1cnc3c(NC4CC4c4ccccc4)nc(Cl)nc31)[C@H](O)[C@@H]2O. The van der Waals surface area contributed by atoms with Gasteiger partial charge in [0.25, 0.3) is 0 Å². The first-order valence-corrected chi connectivity index (χ1v) is 11.1. The third-order valence-electron chi connectivity index (χ3n) is 7.38. The number of fused-ring (bicyclic) bond motifs is 2. The Morgan fingerprint density at radius 2 is 2.03 bits per heavy atom. The lowest BCUT2D eigenvalue weighted by atomic mass is 9.98. The fourth-order valence-corrected chi connectivity index (χ4v) is 5.76. The molecule has 0 spiro atoms. The summed E-state index contributed by atoms with van der Waals surface area (Å²) in [5.74, 6) is 0.481. The lowest BCUT2D eigenvalue weighted by Crippen LogP contribution is -2.41. The number of carbonyl (C=O) groups excluding carboxylic acids is 1. The molecule has 3 aromatic rings. The van der Waals surface area contributed by atoms with Crippen LogP contribution in [0, 0.1) is 11.3 Å². The Balaban J connectivity index is 1.32. The number of imidazole rings is 1. The second-order valence-electron chi connectivity index (χ2n) is 9.03. The lowest BCUT2D eigenvalue weighted by Gasteiger charge is -2.23. The number of anilines is 1. The molecule has 0 bridgehead atoms. The van der Waals surface area contributed by atoms with Crippen molar-refractivity contribution in [1.29, 1.82) is 0 Å². The van der Waals surface area contributed by atoms with Crippen LogP contribution in [0.1, 0.15) is 30.4 Å². The Hall–Kier alpha value is -2.75. The first kappa shape index (κ1) is 19.9. The third-order valence-corrected chi connectivity index (χ3v) is 7.55. The molecular weight excluding hydrogens is 432 g/mol. The predicted octanol–water partition coefficient (Wildman–Crippen LogP) is 1.48. The number of hydrogen-bond acceptors (Lipinski definition) is 7. The molecule has 10 heteroatoms. The number of amides is 1. The van der Waals surface area contributed by atoms with Gasteiger partial charge in [0.15, 0.2) is 17.0 Å². The lowest BCUT2D eigenvalue weighted by molar-refractivity contribution is -0.132. The molecule has 166 valence electrons. The van der Waals surface area contributed by atoms with Crippen LogP contribution in [0.5, 0.6) is 0 Å². The molecule has 2 aromatic heterocycles. The summed E-state index contributed by atoms with van der Waals surface area (Å²) in [7, 11) is 1.54. The van der Waals surface area contributed by atoms with Gasteiger partial charge in [-0.15, -0.1) is 0 Å². The molecule has 3 aliphatic rings. The number of nitrogens with zero attached hydrogens (tertiary/aromatic N) is 4. The van der Waals surface area contributed by atoms with Gasteiger partial charge in [-0.3, -0.25) is 4.79 Å². The summed E-state index contributed by atoms with van der Waals surface area (Å²) >= 11 is 6.25. The highest BCUT2D eigenvalue weighted by molar-refractivity contribution is 6.28. The summed E-state index contributed by atoms with van der Waals surface area (Å²) < 4.78 is 1.73. The van der Waals surface area contributed by atoms with E-state index in [1.807, 2.05) is 18.2 Å². The van der Waals surface area contributed by atoms with Crippen LogP contribution in [0.4, 0.5) is 5.82 Å². The number of carbonyl (C=O) groups is 1. The smallest absolute Gasteiger partial charge is 0.229 e. The minimum atomic E-state index is -1.15. The van der Waals surface area contributed by atoms with E-state index in [1.165, 1.54) is 12.6 Å². The molecule has 0 radical (unpaired) electrons. The highest BCUT2D eigenvalue weighted by Crippen LogP contribution is 2.67. The Kier molecular flexibility index (Phi) is 4.27. The van der Waals surface area contributed by atoms with Gasteiger partial charge < -0.3 is 25.4 Å². The summed E-state index contributed by atoms with van der Waals surface area (Å²) in [6.07, 6.45) is 0.807. The molecule has 0 aliphatic heterocycles. The zero-order chi connectivity index (χ0) is 22.2. The van der Waals surface area contributed by atoms with E-state index in [0.29, 0.717) is 29.3 Å². The molecule has 1 amide bonds. The van der Waals surface area contributed by atoms with E-state index >= 15 is 0 Å². The molecule has 4 N–H and O–H groups in total. The molecule has 2 heterocycles. The van der Waals surface area contributed by atoms with Crippen LogP contribution in [0.3, 0.4) is 0 Å². The van der Waals surface area contributed by atoms with Crippen LogP contribution in [-0.2, 0) is 4.79 Å². The average molecular weight is 455 g/mol. The highest BCUT2D eigenvalue weighted by Gasteiger charge is 2.75. The maximum Gasteiger partial charge on any atom is 0.229 e. The number of aliphatic hydroxyl groups is 2. The molecule has 3 fully saturated rings. The number of nitrogens with one attached hydrogen (secondary N) is 2. The van der Waals surface area contributed by atoms with E-state index < -0.39 is 23.7 Å². The van der Waals surface area contributed by atoms with E-state index in [1.54, 1.807) is 10.9 Å². The number of aromatic nitrogens is 4. The normalized spacial score (nSPS) is 34.9. The van der Waals surface area contributed by atoms with Gasteiger partial charge in [-0.1, -0.05) is 30.3 Å². The van der Waals surface area contributed by atoms with Crippen molar-refractivity contribution in [1.82, 2.24) is 24.8 Å². The van der Waals surface area contributed by atoms with Gasteiger partial charge in [-0.05, 0) is 30.0 Å². The summed E-state index contributed by atoms with van der Waals surface area (Å²) in [6, 6.07) is 10.00. The second-order valence-corrected chi connectivity index (χ2v) is 9.36.